The van der Waals surface area contributed by atoms with Crippen LogP contribution in [0.5, 0.6) is 0 Å². The summed E-state index contributed by atoms with van der Waals surface area (Å²) in [5.74, 6) is 0.133. The van der Waals surface area contributed by atoms with Gasteiger partial charge in [-0.15, -0.1) is 0 Å². The van der Waals surface area contributed by atoms with Crippen LogP contribution in [-0.4, -0.2) is 39.8 Å². The Morgan fingerprint density at radius 1 is 1.16 bits per heavy atom. The third kappa shape index (κ3) is 6.80. The minimum Gasteiger partial charge on any atom is -0.467 e. The lowest BCUT2D eigenvalue weighted by Gasteiger charge is -2.21. The number of amides is 2. The molecule has 0 atom stereocenters. The zero-order chi connectivity index (χ0) is 22.2. The minimum absolute atomic E-state index is 0.139. The van der Waals surface area contributed by atoms with Gasteiger partial charge in [0.05, 0.1) is 24.7 Å². The molecule has 0 fully saturated rings. The number of aromatic nitrogens is 2. The van der Waals surface area contributed by atoms with Gasteiger partial charge in [0.2, 0.25) is 5.91 Å². The first-order chi connectivity index (χ1) is 14.9. The minimum atomic E-state index is -0.315. The Morgan fingerprint density at radius 3 is 2.68 bits per heavy atom. The Morgan fingerprint density at radius 2 is 2.00 bits per heavy atom. The van der Waals surface area contributed by atoms with E-state index >= 15 is 0 Å². The highest BCUT2D eigenvalue weighted by Crippen LogP contribution is 2.21. The molecular formula is C22H22Cl2N4O3. The molecule has 0 saturated heterocycles. The Kier molecular flexibility index (Phi) is 8.03. The van der Waals surface area contributed by atoms with Gasteiger partial charge in [0.1, 0.15) is 11.5 Å². The van der Waals surface area contributed by atoms with Gasteiger partial charge in [-0.05, 0) is 43.2 Å². The van der Waals surface area contributed by atoms with Crippen LogP contribution in [0.1, 0.15) is 33.9 Å². The quantitative estimate of drug-likeness (QED) is 0.519. The van der Waals surface area contributed by atoms with Gasteiger partial charge in [-0.1, -0.05) is 29.3 Å². The van der Waals surface area contributed by atoms with Crippen LogP contribution in [0.3, 0.4) is 0 Å². The van der Waals surface area contributed by atoms with Crippen molar-refractivity contribution in [3.8, 4) is 0 Å². The third-order valence-corrected chi connectivity index (χ3v) is 5.14. The van der Waals surface area contributed by atoms with Crippen molar-refractivity contribution in [2.24, 2.45) is 0 Å². The SMILES string of the molecule is Cc1cnc(C(=O)N(CCC(=O)NCCc2ccc(Cl)cc2Cl)Cc2ccco2)cn1. The van der Waals surface area contributed by atoms with Crippen molar-refractivity contribution in [3.63, 3.8) is 0 Å². The molecule has 0 aliphatic heterocycles. The number of carbonyl (C=O) groups excluding carboxylic acids is 2. The maximum Gasteiger partial charge on any atom is 0.274 e. The molecule has 0 radical (unpaired) electrons. The molecule has 0 spiro atoms. The van der Waals surface area contributed by atoms with Crippen molar-refractivity contribution in [2.75, 3.05) is 13.1 Å². The van der Waals surface area contributed by atoms with Crippen molar-refractivity contribution < 1.29 is 14.0 Å². The van der Waals surface area contributed by atoms with E-state index in [9.17, 15) is 9.59 Å². The fourth-order valence-electron chi connectivity index (χ4n) is 2.89. The van der Waals surface area contributed by atoms with Gasteiger partial charge in [0, 0.05) is 35.8 Å². The standard InChI is InChI=1S/C22H22Cl2N4O3/c1-15-12-27-20(13-26-15)22(30)28(14-18-3-2-10-31-18)9-7-21(29)25-8-6-16-4-5-17(23)11-19(16)24/h2-5,10-13H,6-9,14H2,1H3,(H,25,29). The monoisotopic (exact) mass is 460 g/mol. The normalized spacial score (nSPS) is 10.7. The molecule has 2 aromatic heterocycles. The highest BCUT2D eigenvalue weighted by Gasteiger charge is 2.20. The van der Waals surface area contributed by atoms with Crippen LogP contribution in [0, 0.1) is 6.92 Å². The van der Waals surface area contributed by atoms with E-state index in [1.165, 1.54) is 23.6 Å². The molecule has 1 aromatic carbocycles. The van der Waals surface area contributed by atoms with Crippen LogP contribution >= 0.6 is 23.2 Å². The van der Waals surface area contributed by atoms with E-state index in [0.717, 1.165) is 5.56 Å². The van der Waals surface area contributed by atoms with Crippen LogP contribution < -0.4 is 5.32 Å². The highest BCUT2D eigenvalue weighted by molar-refractivity contribution is 6.35. The number of nitrogens with zero attached hydrogens (tertiary/aromatic N) is 3. The van der Waals surface area contributed by atoms with Gasteiger partial charge in [-0.3, -0.25) is 14.6 Å². The summed E-state index contributed by atoms with van der Waals surface area (Å²) in [4.78, 5) is 35.0. The number of halogens is 2. The topological polar surface area (TPSA) is 88.3 Å². The second kappa shape index (κ2) is 10.9. The van der Waals surface area contributed by atoms with Gasteiger partial charge >= 0.3 is 0 Å². The largest absolute Gasteiger partial charge is 0.467 e. The van der Waals surface area contributed by atoms with Crippen LogP contribution in [0.4, 0.5) is 0 Å². The molecule has 31 heavy (non-hydrogen) atoms. The third-order valence-electron chi connectivity index (χ3n) is 4.55. The number of hydrogen-bond acceptors (Lipinski definition) is 5. The summed E-state index contributed by atoms with van der Waals surface area (Å²) in [6.07, 6.45) is 5.23. The van der Waals surface area contributed by atoms with Gasteiger partial charge in [0.25, 0.3) is 5.91 Å². The van der Waals surface area contributed by atoms with Gasteiger partial charge in [-0.25, -0.2) is 4.98 Å². The zero-order valence-corrected chi connectivity index (χ0v) is 18.5. The number of benzene rings is 1. The predicted octanol–water partition coefficient (Wildman–Crippen LogP) is 4.08. The van der Waals surface area contributed by atoms with E-state index in [1.807, 2.05) is 6.07 Å². The maximum absolute atomic E-state index is 12.9. The highest BCUT2D eigenvalue weighted by atomic mass is 35.5. The lowest BCUT2D eigenvalue weighted by atomic mass is 10.1. The Bertz CT molecular complexity index is 1020. The van der Waals surface area contributed by atoms with Crippen molar-refractivity contribution in [1.82, 2.24) is 20.2 Å². The Balaban J connectivity index is 1.55. The molecule has 0 aliphatic rings. The Labute approximate surface area is 190 Å². The average molecular weight is 461 g/mol. The van der Waals surface area contributed by atoms with E-state index in [4.69, 9.17) is 27.6 Å². The zero-order valence-electron chi connectivity index (χ0n) is 17.0. The van der Waals surface area contributed by atoms with Crippen LogP contribution in [0.25, 0.3) is 0 Å². The van der Waals surface area contributed by atoms with Gasteiger partial charge in [-0.2, -0.15) is 0 Å². The fourth-order valence-corrected chi connectivity index (χ4v) is 3.40. The molecule has 0 unspecified atom stereocenters. The van der Waals surface area contributed by atoms with E-state index in [1.54, 1.807) is 31.2 Å². The average Bonchev–Trinajstić information content (AvgIpc) is 3.26. The Hall–Kier alpha value is -2.90. The number of furan rings is 1. The van der Waals surface area contributed by atoms with Crippen molar-refractivity contribution in [2.45, 2.75) is 26.3 Å². The van der Waals surface area contributed by atoms with Gasteiger partial charge < -0.3 is 14.6 Å². The first-order valence-corrected chi connectivity index (χ1v) is 10.5. The van der Waals surface area contributed by atoms with Crippen molar-refractivity contribution in [1.29, 1.82) is 0 Å². The van der Waals surface area contributed by atoms with E-state index in [2.05, 4.69) is 15.3 Å². The van der Waals surface area contributed by atoms with Crippen molar-refractivity contribution >= 4 is 35.0 Å². The molecule has 162 valence electrons. The van der Waals surface area contributed by atoms with E-state index < -0.39 is 0 Å². The predicted molar refractivity (Wildman–Crippen MR) is 118 cm³/mol. The number of hydrogen-bond donors (Lipinski definition) is 1. The summed E-state index contributed by atoms with van der Waals surface area (Å²) >= 11 is 12.1. The number of carbonyl (C=O) groups is 2. The summed E-state index contributed by atoms with van der Waals surface area (Å²) in [5, 5.41) is 3.99. The molecule has 3 aromatic rings. The second-order valence-electron chi connectivity index (χ2n) is 6.93. The number of aryl methyl sites for hydroxylation is 1. The second-order valence-corrected chi connectivity index (χ2v) is 7.78. The molecule has 2 heterocycles. The van der Waals surface area contributed by atoms with E-state index in [0.29, 0.717) is 34.5 Å². The van der Waals surface area contributed by atoms with Crippen LogP contribution in [-0.2, 0) is 17.8 Å². The molecular weight excluding hydrogens is 439 g/mol. The molecule has 9 heteroatoms. The molecule has 0 saturated carbocycles. The summed E-state index contributed by atoms with van der Waals surface area (Å²) in [7, 11) is 0. The molecule has 0 bridgehead atoms. The van der Waals surface area contributed by atoms with Crippen LogP contribution in [0.15, 0.2) is 53.4 Å². The summed E-state index contributed by atoms with van der Waals surface area (Å²) < 4.78 is 5.36. The smallest absolute Gasteiger partial charge is 0.274 e. The lowest BCUT2D eigenvalue weighted by molar-refractivity contribution is -0.121. The van der Waals surface area contributed by atoms with Gasteiger partial charge in [0.15, 0.2) is 0 Å². The molecule has 1 N–H and O–H groups in total. The van der Waals surface area contributed by atoms with E-state index in [-0.39, 0.29) is 37.0 Å². The number of rotatable bonds is 9. The number of nitrogens with one attached hydrogen (secondary N) is 1. The van der Waals surface area contributed by atoms with Crippen LogP contribution in [0.2, 0.25) is 10.0 Å². The summed E-state index contributed by atoms with van der Waals surface area (Å²) in [5.41, 5.74) is 1.84. The fraction of sp³-hybridized carbons (Fsp3) is 0.273. The molecule has 2 amide bonds. The maximum atomic E-state index is 12.9. The summed E-state index contributed by atoms with van der Waals surface area (Å²) in [6, 6.07) is 8.79. The lowest BCUT2D eigenvalue weighted by Crippen LogP contribution is -2.35. The molecule has 3 rings (SSSR count). The van der Waals surface area contributed by atoms with Crippen molar-refractivity contribution in [3.05, 3.63) is 81.7 Å². The summed E-state index contributed by atoms with van der Waals surface area (Å²) in [6.45, 7) is 2.66. The molecule has 0 aliphatic carbocycles. The first kappa shape index (κ1) is 22.8. The molecule has 7 nitrogen and oxygen atoms in total. The first-order valence-electron chi connectivity index (χ1n) is 9.73.